The normalized spacial score (nSPS) is 10.6. The van der Waals surface area contributed by atoms with Crippen LogP contribution in [0.15, 0.2) is 71.1 Å². The highest BCUT2D eigenvalue weighted by Gasteiger charge is 2.17. The minimum Gasteiger partial charge on any atom is -0.336 e. The van der Waals surface area contributed by atoms with Crippen LogP contribution in [-0.2, 0) is 16.1 Å². The number of carbonyl (C=O) groups excluding carboxylic acids is 2. The number of benzene rings is 2. The molecule has 3 rings (SSSR count). The number of carbonyl (C=O) groups is 2. The van der Waals surface area contributed by atoms with E-state index in [0.29, 0.717) is 26.8 Å². The summed E-state index contributed by atoms with van der Waals surface area (Å²) in [5, 5.41) is 4.03. The highest BCUT2D eigenvalue weighted by atomic mass is 35.5. The number of amides is 2. The van der Waals surface area contributed by atoms with Gasteiger partial charge in [0.25, 0.3) is 5.56 Å². The minimum absolute atomic E-state index is 0.0256. The van der Waals surface area contributed by atoms with Gasteiger partial charge < -0.3 is 10.2 Å². The molecule has 0 bridgehead atoms. The molecule has 1 N–H and O–H groups in total. The maximum atomic E-state index is 12.8. The Kier molecular flexibility index (Phi) is 7.49. The van der Waals surface area contributed by atoms with Gasteiger partial charge in [-0.3, -0.25) is 19.0 Å². The summed E-state index contributed by atoms with van der Waals surface area (Å²) < 4.78 is 1.48. The van der Waals surface area contributed by atoms with Crippen molar-refractivity contribution in [3.05, 3.63) is 76.6 Å². The Morgan fingerprint density at radius 1 is 1.23 bits per heavy atom. The van der Waals surface area contributed by atoms with Crippen molar-refractivity contribution in [2.24, 2.45) is 0 Å². The molecule has 0 saturated carbocycles. The number of fused-ring (bicyclic) bond motifs is 1. The molecule has 7 nitrogen and oxygen atoms in total. The van der Waals surface area contributed by atoms with Gasteiger partial charge in [0.1, 0.15) is 0 Å². The maximum absolute atomic E-state index is 12.8. The molecule has 0 aliphatic rings. The zero-order valence-electron chi connectivity index (χ0n) is 16.9. The van der Waals surface area contributed by atoms with Gasteiger partial charge in [-0.1, -0.05) is 53.7 Å². The number of allylic oxidation sites excluding steroid dienone is 1. The van der Waals surface area contributed by atoms with Gasteiger partial charge in [-0.05, 0) is 24.3 Å². The third kappa shape index (κ3) is 5.53. The molecule has 0 fully saturated rings. The number of hydrogen-bond donors (Lipinski definition) is 1. The molecule has 0 unspecified atom stereocenters. The molecule has 0 aliphatic heterocycles. The maximum Gasteiger partial charge on any atom is 0.262 e. The topological polar surface area (TPSA) is 84.3 Å². The van der Waals surface area contributed by atoms with Gasteiger partial charge in [0, 0.05) is 13.6 Å². The van der Waals surface area contributed by atoms with E-state index in [1.807, 2.05) is 0 Å². The van der Waals surface area contributed by atoms with E-state index in [9.17, 15) is 14.4 Å². The third-order valence-electron chi connectivity index (χ3n) is 4.42. The van der Waals surface area contributed by atoms with Gasteiger partial charge in [-0.2, -0.15) is 0 Å². The summed E-state index contributed by atoms with van der Waals surface area (Å²) in [6, 6.07) is 13.9. The fraction of sp³-hybridized carbons (Fsp3) is 0.182. The lowest BCUT2D eigenvalue weighted by molar-refractivity contribution is -0.131. The van der Waals surface area contributed by atoms with E-state index in [2.05, 4.69) is 16.9 Å². The van der Waals surface area contributed by atoms with Crippen molar-refractivity contribution < 1.29 is 9.59 Å². The fourth-order valence-electron chi connectivity index (χ4n) is 2.84. The molecule has 9 heteroatoms. The van der Waals surface area contributed by atoms with Gasteiger partial charge in [0.05, 0.1) is 33.9 Å². The van der Waals surface area contributed by atoms with Crippen LogP contribution in [-0.4, -0.2) is 45.6 Å². The summed E-state index contributed by atoms with van der Waals surface area (Å²) in [6.07, 6.45) is 1.61. The van der Waals surface area contributed by atoms with Crippen LogP contribution >= 0.6 is 23.4 Å². The predicted octanol–water partition coefficient (Wildman–Crippen LogP) is 3.43. The first-order valence-electron chi connectivity index (χ1n) is 9.42. The number of halogens is 1. The summed E-state index contributed by atoms with van der Waals surface area (Å²) in [6.45, 7) is 3.84. The van der Waals surface area contributed by atoms with Gasteiger partial charge in [-0.15, -0.1) is 6.58 Å². The third-order valence-corrected chi connectivity index (χ3v) is 5.71. The predicted molar refractivity (Wildman–Crippen MR) is 125 cm³/mol. The second-order valence-electron chi connectivity index (χ2n) is 6.68. The van der Waals surface area contributed by atoms with Crippen LogP contribution in [0.5, 0.6) is 0 Å². The lowest BCUT2D eigenvalue weighted by Gasteiger charge is -2.17. The Morgan fingerprint density at radius 2 is 1.94 bits per heavy atom. The number of aromatic nitrogens is 2. The van der Waals surface area contributed by atoms with Crippen LogP contribution in [0.1, 0.15) is 0 Å². The van der Waals surface area contributed by atoms with Crippen LogP contribution in [0.4, 0.5) is 5.69 Å². The van der Waals surface area contributed by atoms with Crippen LogP contribution < -0.4 is 10.9 Å². The number of nitrogens with zero attached hydrogens (tertiary/aromatic N) is 3. The number of nitrogens with one attached hydrogen (secondary N) is 1. The largest absolute Gasteiger partial charge is 0.336 e. The molecular weight excluding hydrogens is 436 g/mol. The van der Waals surface area contributed by atoms with E-state index in [4.69, 9.17) is 11.6 Å². The number of rotatable bonds is 8. The Balaban J connectivity index is 1.67. The molecule has 1 aromatic heterocycles. The first-order valence-corrected chi connectivity index (χ1v) is 10.8. The molecule has 0 saturated heterocycles. The Hall–Kier alpha value is -3.10. The molecule has 1 heterocycles. The quantitative estimate of drug-likeness (QED) is 0.319. The van der Waals surface area contributed by atoms with Crippen LogP contribution in [0.25, 0.3) is 10.9 Å². The van der Waals surface area contributed by atoms with Crippen LogP contribution in [0, 0.1) is 0 Å². The molecule has 0 aliphatic carbocycles. The smallest absolute Gasteiger partial charge is 0.262 e. The van der Waals surface area contributed by atoms with E-state index in [-0.39, 0.29) is 36.2 Å². The monoisotopic (exact) mass is 456 g/mol. The van der Waals surface area contributed by atoms with Gasteiger partial charge in [-0.25, -0.2) is 4.98 Å². The van der Waals surface area contributed by atoms with Gasteiger partial charge in [0.15, 0.2) is 5.16 Å². The van der Waals surface area contributed by atoms with Gasteiger partial charge >= 0.3 is 0 Å². The summed E-state index contributed by atoms with van der Waals surface area (Å²) >= 11 is 7.19. The molecule has 160 valence electrons. The van der Waals surface area contributed by atoms with Crippen molar-refractivity contribution >= 4 is 51.8 Å². The molecule has 3 aromatic rings. The Labute approximate surface area is 188 Å². The molecule has 2 amide bonds. The van der Waals surface area contributed by atoms with E-state index in [1.54, 1.807) is 61.7 Å². The summed E-state index contributed by atoms with van der Waals surface area (Å²) in [5.41, 5.74) is 0.862. The van der Waals surface area contributed by atoms with Crippen molar-refractivity contribution in [2.45, 2.75) is 11.7 Å². The summed E-state index contributed by atoms with van der Waals surface area (Å²) in [7, 11) is 1.54. The number of thioether (sulfide) groups is 1. The van der Waals surface area contributed by atoms with Crippen LogP contribution in [0.2, 0.25) is 5.02 Å². The summed E-state index contributed by atoms with van der Waals surface area (Å²) in [4.78, 5) is 43.4. The molecule has 31 heavy (non-hydrogen) atoms. The molecule has 0 spiro atoms. The highest BCUT2D eigenvalue weighted by molar-refractivity contribution is 7.99. The SMILES string of the molecule is C=CCn1c(SCC(=O)N(C)CC(=O)Nc2ccccc2Cl)nc2ccccc2c1=O. The lowest BCUT2D eigenvalue weighted by Crippen LogP contribution is -2.36. The first-order chi connectivity index (χ1) is 14.9. The minimum atomic E-state index is -0.360. The van der Waals surface area contributed by atoms with Crippen molar-refractivity contribution in [3.63, 3.8) is 0 Å². The second-order valence-corrected chi connectivity index (χ2v) is 8.03. The van der Waals surface area contributed by atoms with E-state index >= 15 is 0 Å². The fourth-order valence-corrected chi connectivity index (χ4v) is 3.97. The zero-order chi connectivity index (χ0) is 22.4. The van der Waals surface area contributed by atoms with Crippen molar-refractivity contribution in [3.8, 4) is 0 Å². The number of likely N-dealkylation sites (N-methyl/N-ethyl adjacent to an activating group) is 1. The Bertz CT molecular complexity index is 1190. The molecule has 0 radical (unpaired) electrons. The van der Waals surface area contributed by atoms with E-state index < -0.39 is 0 Å². The van der Waals surface area contributed by atoms with E-state index in [0.717, 1.165) is 11.8 Å². The average molecular weight is 457 g/mol. The standard InChI is InChI=1S/C22H21ClN4O3S/c1-3-12-27-21(30)15-8-4-6-10-17(15)25-22(27)31-14-20(29)26(2)13-19(28)24-18-11-7-5-9-16(18)23/h3-11H,1,12-14H2,2H3,(H,24,28). The lowest BCUT2D eigenvalue weighted by atomic mass is 10.2. The second kappa shape index (κ2) is 10.3. The van der Waals surface area contributed by atoms with Crippen molar-refractivity contribution in [1.82, 2.24) is 14.5 Å². The molecule has 0 atom stereocenters. The summed E-state index contributed by atoms with van der Waals surface area (Å²) in [5.74, 6) is -0.606. The molecular formula is C22H21ClN4O3S. The zero-order valence-corrected chi connectivity index (χ0v) is 18.4. The number of anilines is 1. The Morgan fingerprint density at radius 3 is 2.68 bits per heavy atom. The highest BCUT2D eigenvalue weighted by Crippen LogP contribution is 2.21. The number of hydrogen-bond acceptors (Lipinski definition) is 5. The molecule has 2 aromatic carbocycles. The van der Waals surface area contributed by atoms with E-state index in [1.165, 1.54) is 9.47 Å². The average Bonchev–Trinajstić information content (AvgIpc) is 2.76. The van der Waals surface area contributed by atoms with Crippen LogP contribution in [0.3, 0.4) is 0 Å². The van der Waals surface area contributed by atoms with Gasteiger partial charge in [0.2, 0.25) is 11.8 Å². The first kappa shape index (κ1) is 22.6. The van der Waals surface area contributed by atoms with Crippen molar-refractivity contribution in [1.29, 1.82) is 0 Å². The van der Waals surface area contributed by atoms with Crippen molar-refractivity contribution in [2.75, 3.05) is 24.7 Å². The number of para-hydroxylation sites is 2.